The fourth-order valence-corrected chi connectivity index (χ4v) is 5.67. The number of aromatic nitrogens is 1. The SMILES string of the molecule is Cc1c(C(=O)N[C@H]2C[C@H](C(=O)O)C2)cc(-c2ccc(OC(F)(F)F)c(C(C)(C)C)c2)n1CC1CCCCC1. The Balaban J connectivity index is 1.71. The van der Waals surface area contributed by atoms with Gasteiger partial charge < -0.3 is 19.7 Å². The van der Waals surface area contributed by atoms with Gasteiger partial charge in [0.1, 0.15) is 5.75 Å². The molecule has 2 aliphatic carbocycles. The van der Waals surface area contributed by atoms with Crippen LogP contribution in [0.3, 0.4) is 0 Å². The molecule has 0 spiro atoms. The molecular formula is C29H37F3N2O4. The van der Waals surface area contributed by atoms with Crippen molar-refractivity contribution in [1.82, 2.24) is 9.88 Å². The van der Waals surface area contributed by atoms with Crippen LogP contribution in [0.5, 0.6) is 5.75 Å². The Bertz CT molecular complexity index is 1180. The van der Waals surface area contributed by atoms with Crippen molar-refractivity contribution in [3.05, 3.63) is 41.1 Å². The fraction of sp³-hybridized carbons (Fsp3) is 0.586. The summed E-state index contributed by atoms with van der Waals surface area (Å²) >= 11 is 0. The minimum atomic E-state index is -4.80. The van der Waals surface area contributed by atoms with Crippen LogP contribution in [0.1, 0.15) is 87.3 Å². The van der Waals surface area contributed by atoms with Gasteiger partial charge in [-0.2, -0.15) is 0 Å². The van der Waals surface area contributed by atoms with E-state index in [1.807, 2.05) is 33.8 Å². The lowest BCUT2D eigenvalue weighted by Gasteiger charge is -2.32. The van der Waals surface area contributed by atoms with Gasteiger partial charge in [-0.3, -0.25) is 9.59 Å². The summed E-state index contributed by atoms with van der Waals surface area (Å²) in [6.07, 6.45) is 1.76. The second-order valence-corrected chi connectivity index (χ2v) is 11.8. The molecule has 0 radical (unpaired) electrons. The zero-order valence-corrected chi connectivity index (χ0v) is 22.5. The molecular weight excluding hydrogens is 497 g/mol. The molecule has 1 amide bonds. The van der Waals surface area contributed by atoms with E-state index in [4.69, 9.17) is 5.11 Å². The number of carboxylic acid groups (broad SMARTS) is 1. The minimum absolute atomic E-state index is 0.181. The molecule has 4 rings (SSSR count). The van der Waals surface area contributed by atoms with E-state index in [9.17, 15) is 22.8 Å². The topological polar surface area (TPSA) is 80.6 Å². The van der Waals surface area contributed by atoms with Crippen molar-refractivity contribution in [1.29, 1.82) is 0 Å². The molecule has 9 heteroatoms. The van der Waals surface area contributed by atoms with Gasteiger partial charge in [0.2, 0.25) is 0 Å². The molecule has 2 saturated carbocycles. The highest BCUT2D eigenvalue weighted by molar-refractivity contribution is 5.97. The maximum absolute atomic E-state index is 13.3. The highest BCUT2D eigenvalue weighted by atomic mass is 19.4. The van der Waals surface area contributed by atoms with E-state index in [2.05, 4.69) is 14.6 Å². The van der Waals surface area contributed by atoms with Crippen molar-refractivity contribution < 1.29 is 32.6 Å². The summed E-state index contributed by atoms with van der Waals surface area (Å²) in [6.45, 7) is 8.13. The van der Waals surface area contributed by atoms with Crippen molar-refractivity contribution in [2.75, 3.05) is 0 Å². The Morgan fingerprint density at radius 2 is 1.74 bits per heavy atom. The number of carbonyl (C=O) groups is 2. The summed E-state index contributed by atoms with van der Waals surface area (Å²) in [7, 11) is 0. The molecule has 208 valence electrons. The molecule has 0 saturated heterocycles. The number of carboxylic acids is 1. The van der Waals surface area contributed by atoms with Crippen molar-refractivity contribution in [2.24, 2.45) is 11.8 Å². The number of aliphatic carboxylic acids is 1. The van der Waals surface area contributed by atoms with Crippen molar-refractivity contribution >= 4 is 11.9 Å². The zero-order chi connectivity index (χ0) is 27.8. The highest BCUT2D eigenvalue weighted by Crippen LogP contribution is 2.39. The number of rotatable bonds is 7. The molecule has 6 nitrogen and oxygen atoms in total. The Labute approximate surface area is 221 Å². The second kappa shape index (κ2) is 10.7. The normalized spacial score (nSPS) is 20.6. The van der Waals surface area contributed by atoms with E-state index < -0.39 is 23.7 Å². The lowest BCUT2D eigenvalue weighted by Crippen LogP contribution is -2.46. The van der Waals surface area contributed by atoms with E-state index in [1.54, 1.807) is 12.1 Å². The van der Waals surface area contributed by atoms with Crippen LogP contribution in [-0.4, -0.2) is 34.0 Å². The summed E-state index contributed by atoms with van der Waals surface area (Å²) in [5.41, 5.74) is 2.61. The van der Waals surface area contributed by atoms with E-state index in [-0.39, 0.29) is 17.7 Å². The lowest BCUT2D eigenvalue weighted by atomic mass is 9.80. The quantitative estimate of drug-likeness (QED) is 0.408. The summed E-state index contributed by atoms with van der Waals surface area (Å²) < 4.78 is 45.8. The van der Waals surface area contributed by atoms with Gasteiger partial charge in [0.25, 0.3) is 5.91 Å². The molecule has 2 N–H and O–H groups in total. The van der Waals surface area contributed by atoms with E-state index in [1.165, 1.54) is 12.5 Å². The Morgan fingerprint density at radius 1 is 1.08 bits per heavy atom. The molecule has 2 aliphatic rings. The van der Waals surface area contributed by atoms with E-state index in [0.29, 0.717) is 29.9 Å². The number of hydrogen-bond donors (Lipinski definition) is 2. The summed E-state index contributed by atoms with van der Waals surface area (Å²) in [4.78, 5) is 24.4. The van der Waals surface area contributed by atoms with Crippen LogP contribution in [0.25, 0.3) is 11.3 Å². The highest BCUT2D eigenvalue weighted by Gasteiger charge is 2.36. The number of hydrogen-bond acceptors (Lipinski definition) is 3. The number of nitrogens with zero attached hydrogens (tertiary/aromatic N) is 1. The number of amides is 1. The third-order valence-electron chi connectivity index (χ3n) is 7.91. The van der Waals surface area contributed by atoms with Crippen LogP contribution in [0, 0.1) is 18.8 Å². The number of benzene rings is 1. The van der Waals surface area contributed by atoms with Gasteiger partial charge in [0.15, 0.2) is 0 Å². The molecule has 0 atom stereocenters. The smallest absolute Gasteiger partial charge is 0.481 e. The van der Waals surface area contributed by atoms with E-state index >= 15 is 0 Å². The Hall–Kier alpha value is -2.97. The maximum atomic E-state index is 13.3. The molecule has 0 bridgehead atoms. The first-order chi connectivity index (χ1) is 17.7. The molecule has 0 unspecified atom stereocenters. The average molecular weight is 535 g/mol. The third kappa shape index (κ3) is 6.35. The molecule has 1 aromatic heterocycles. The van der Waals surface area contributed by atoms with Crippen molar-refractivity contribution in [2.45, 2.75) is 97.0 Å². The first kappa shape index (κ1) is 28.0. The number of ether oxygens (including phenoxy) is 1. The Kier molecular flexibility index (Phi) is 7.86. The van der Waals surface area contributed by atoms with Crippen molar-refractivity contribution in [3.8, 4) is 17.0 Å². The number of nitrogens with one attached hydrogen (secondary N) is 1. The van der Waals surface area contributed by atoms with Crippen LogP contribution in [0.2, 0.25) is 0 Å². The van der Waals surface area contributed by atoms with Crippen LogP contribution in [0.4, 0.5) is 13.2 Å². The standard InChI is InChI=1S/C29H37F3N2O4/c1-17-22(26(35)33-21-12-20(13-21)27(36)37)15-24(34(17)16-18-8-6-5-7-9-18)19-10-11-25(38-29(30,31)32)23(14-19)28(2,3)4/h10-11,14-15,18,20-21H,5-9,12-13,16H2,1-4H3,(H,33,35)(H,36,37)/t20-,21-. The lowest BCUT2D eigenvalue weighted by molar-refractivity contribution is -0.275. The molecule has 38 heavy (non-hydrogen) atoms. The van der Waals surface area contributed by atoms with E-state index in [0.717, 1.165) is 49.2 Å². The fourth-order valence-electron chi connectivity index (χ4n) is 5.67. The number of alkyl halides is 3. The molecule has 1 heterocycles. The van der Waals surface area contributed by atoms with Gasteiger partial charge in [-0.05, 0) is 73.8 Å². The van der Waals surface area contributed by atoms with Gasteiger partial charge >= 0.3 is 12.3 Å². The van der Waals surface area contributed by atoms with Crippen LogP contribution in [-0.2, 0) is 16.8 Å². The first-order valence-electron chi connectivity index (χ1n) is 13.4. The molecule has 2 fully saturated rings. The predicted octanol–water partition coefficient (Wildman–Crippen LogP) is 6.83. The first-order valence-corrected chi connectivity index (χ1v) is 13.4. The predicted molar refractivity (Wildman–Crippen MR) is 138 cm³/mol. The third-order valence-corrected chi connectivity index (χ3v) is 7.91. The number of carbonyl (C=O) groups excluding carboxylic acids is 1. The summed E-state index contributed by atoms with van der Waals surface area (Å²) in [5.74, 6) is -1.30. The van der Waals surface area contributed by atoms with Crippen molar-refractivity contribution in [3.63, 3.8) is 0 Å². The van der Waals surface area contributed by atoms with Gasteiger partial charge in [-0.25, -0.2) is 0 Å². The largest absolute Gasteiger partial charge is 0.573 e. The summed E-state index contributed by atoms with van der Waals surface area (Å²) in [5, 5.41) is 12.1. The second-order valence-electron chi connectivity index (χ2n) is 11.8. The van der Waals surface area contributed by atoms with Gasteiger partial charge in [0, 0.05) is 29.5 Å². The summed E-state index contributed by atoms with van der Waals surface area (Å²) in [6, 6.07) is 6.34. The minimum Gasteiger partial charge on any atom is -0.481 e. The monoisotopic (exact) mass is 534 g/mol. The maximum Gasteiger partial charge on any atom is 0.573 e. The van der Waals surface area contributed by atoms with Crippen LogP contribution < -0.4 is 10.1 Å². The van der Waals surface area contributed by atoms with Crippen LogP contribution in [0.15, 0.2) is 24.3 Å². The zero-order valence-electron chi connectivity index (χ0n) is 22.5. The number of halogens is 3. The Morgan fingerprint density at radius 3 is 2.32 bits per heavy atom. The van der Waals surface area contributed by atoms with Gasteiger partial charge in [-0.1, -0.05) is 40.0 Å². The molecule has 0 aliphatic heterocycles. The van der Waals surface area contributed by atoms with Gasteiger partial charge in [-0.15, -0.1) is 13.2 Å². The van der Waals surface area contributed by atoms with Crippen LogP contribution >= 0.6 is 0 Å². The average Bonchev–Trinajstić information content (AvgIpc) is 3.11. The molecule has 2 aromatic rings. The molecule has 1 aromatic carbocycles. The van der Waals surface area contributed by atoms with Gasteiger partial charge in [0.05, 0.1) is 11.5 Å².